The van der Waals surface area contributed by atoms with Crippen LogP contribution < -0.4 is 9.47 Å². The molecule has 2 aliphatic heterocycles. The molecule has 6 rings (SSSR count). The number of benzene rings is 3. The molecule has 3 aromatic carbocycles. The van der Waals surface area contributed by atoms with Crippen LogP contribution in [0.3, 0.4) is 0 Å². The normalized spacial score (nSPS) is 22.2. The van der Waals surface area contributed by atoms with Gasteiger partial charge in [-0.15, -0.1) is 0 Å². The van der Waals surface area contributed by atoms with Crippen LogP contribution in [0.25, 0.3) is 11.1 Å². The molecule has 5 nitrogen and oxygen atoms in total. The van der Waals surface area contributed by atoms with Crippen molar-refractivity contribution < 1.29 is 24.1 Å². The minimum absolute atomic E-state index is 0.138. The second-order valence-electron chi connectivity index (χ2n) is 11.0. The number of ether oxygens (including phenoxy) is 2. The summed E-state index contributed by atoms with van der Waals surface area (Å²) >= 11 is 0. The summed E-state index contributed by atoms with van der Waals surface area (Å²) < 4.78 is 28.0. The van der Waals surface area contributed by atoms with Crippen LogP contribution in [0.1, 0.15) is 55.9 Å². The van der Waals surface area contributed by atoms with E-state index in [2.05, 4.69) is 18.7 Å². The maximum atomic E-state index is 15.4. The number of aromatic hydroxyl groups is 2. The summed E-state index contributed by atoms with van der Waals surface area (Å²) in [6.45, 7) is 7.35. The fraction of sp³-hybridized carbons (Fsp3) is 0.375. The monoisotopic (exact) mass is 515 g/mol. The summed E-state index contributed by atoms with van der Waals surface area (Å²) in [5.74, 6) is 1.51. The third-order valence-corrected chi connectivity index (χ3v) is 8.06. The number of allylic oxidation sites excluding steroid dienone is 1. The topological polar surface area (TPSA) is 62.2 Å². The van der Waals surface area contributed by atoms with Gasteiger partial charge in [0.25, 0.3) is 0 Å². The Labute approximate surface area is 223 Å². The quantitative estimate of drug-likeness (QED) is 0.362. The molecule has 1 saturated heterocycles. The van der Waals surface area contributed by atoms with Gasteiger partial charge in [0.2, 0.25) is 0 Å². The molecule has 198 valence electrons. The Morgan fingerprint density at radius 2 is 1.79 bits per heavy atom. The van der Waals surface area contributed by atoms with E-state index in [4.69, 9.17) is 9.47 Å². The van der Waals surface area contributed by atoms with Crippen molar-refractivity contribution in [3.63, 3.8) is 0 Å². The maximum absolute atomic E-state index is 15.4. The van der Waals surface area contributed by atoms with Crippen molar-refractivity contribution in [3.8, 4) is 23.0 Å². The molecule has 0 radical (unpaired) electrons. The largest absolute Gasteiger partial charge is 0.508 e. The van der Waals surface area contributed by atoms with Crippen molar-refractivity contribution in [2.24, 2.45) is 11.8 Å². The van der Waals surface area contributed by atoms with E-state index in [0.29, 0.717) is 29.5 Å². The van der Waals surface area contributed by atoms with Crippen LogP contribution >= 0.6 is 0 Å². The lowest BCUT2D eigenvalue weighted by atomic mass is 9.83. The van der Waals surface area contributed by atoms with Crippen molar-refractivity contribution in [1.29, 1.82) is 0 Å². The zero-order valence-corrected chi connectivity index (χ0v) is 21.9. The second-order valence-corrected chi connectivity index (χ2v) is 11.0. The SMILES string of the molecule is CC1CCN(C(C)COc2ccc(C3Oc4ccc(O)cc4C(C4CC4)=C3c3cccc(O)c3F)cc2)C1. The first-order valence-electron chi connectivity index (χ1n) is 13.6. The number of likely N-dealkylation sites (tertiary alicyclic amines) is 1. The van der Waals surface area contributed by atoms with Gasteiger partial charge < -0.3 is 19.7 Å². The van der Waals surface area contributed by atoms with E-state index in [-0.39, 0.29) is 11.7 Å². The van der Waals surface area contributed by atoms with E-state index in [1.54, 1.807) is 30.3 Å². The van der Waals surface area contributed by atoms with Crippen LogP contribution in [-0.4, -0.2) is 40.9 Å². The number of halogens is 1. The van der Waals surface area contributed by atoms with Gasteiger partial charge in [0.15, 0.2) is 11.6 Å². The highest BCUT2D eigenvalue weighted by Crippen LogP contribution is 2.56. The van der Waals surface area contributed by atoms with Crippen molar-refractivity contribution in [2.75, 3.05) is 19.7 Å². The van der Waals surface area contributed by atoms with Crippen LogP contribution in [0.5, 0.6) is 23.0 Å². The predicted octanol–water partition coefficient (Wildman–Crippen LogP) is 6.80. The smallest absolute Gasteiger partial charge is 0.172 e. The summed E-state index contributed by atoms with van der Waals surface area (Å²) in [6.07, 6.45) is 2.64. The standard InChI is InChI=1S/C32H34FNO4/c1-19-14-15-34(17-19)20(2)18-37-24-11-8-22(9-12-24)32-30(25-4-3-5-27(36)31(25)33)29(21-6-7-21)26-16-23(35)10-13-28(26)38-32/h3-5,8-13,16,19-21,32,35-36H,6-7,14-15,17-18H2,1-2H3. The average Bonchev–Trinajstić information content (AvgIpc) is 3.67. The molecule has 0 spiro atoms. The first-order valence-corrected chi connectivity index (χ1v) is 13.6. The van der Waals surface area contributed by atoms with E-state index in [1.165, 1.54) is 12.5 Å². The molecule has 2 heterocycles. The molecule has 38 heavy (non-hydrogen) atoms. The first kappa shape index (κ1) is 24.8. The van der Waals surface area contributed by atoms with Crippen molar-refractivity contribution in [3.05, 3.63) is 83.2 Å². The maximum Gasteiger partial charge on any atom is 0.172 e. The number of hydrogen-bond donors (Lipinski definition) is 2. The van der Waals surface area contributed by atoms with Crippen molar-refractivity contribution >= 4 is 11.1 Å². The number of nitrogens with zero attached hydrogens (tertiary/aromatic N) is 1. The van der Waals surface area contributed by atoms with Gasteiger partial charge in [0.1, 0.15) is 30.0 Å². The van der Waals surface area contributed by atoms with E-state index in [9.17, 15) is 10.2 Å². The zero-order chi connectivity index (χ0) is 26.4. The molecular weight excluding hydrogens is 481 g/mol. The van der Waals surface area contributed by atoms with Crippen LogP contribution in [0.15, 0.2) is 60.7 Å². The molecule has 1 saturated carbocycles. The third kappa shape index (κ3) is 4.73. The Balaban J connectivity index is 1.34. The molecule has 0 bridgehead atoms. The van der Waals surface area contributed by atoms with Gasteiger partial charge in [-0.3, -0.25) is 4.90 Å². The summed E-state index contributed by atoms with van der Waals surface area (Å²) in [4.78, 5) is 2.48. The molecule has 3 unspecified atom stereocenters. The minimum Gasteiger partial charge on any atom is -0.508 e. The molecule has 0 aromatic heterocycles. The average molecular weight is 516 g/mol. The Kier molecular flexibility index (Phi) is 6.52. The minimum atomic E-state index is -0.664. The number of phenols is 2. The van der Waals surface area contributed by atoms with Crippen molar-refractivity contribution in [1.82, 2.24) is 4.90 Å². The lowest BCUT2D eigenvalue weighted by Crippen LogP contribution is -2.35. The third-order valence-electron chi connectivity index (χ3n) is 8.06. The van der Waals surface area contributed by atoms with Gasteiger partial charge in [-0.25, -0.2) is 4.39 Å². The first-order chi connectivity index (χ1) is 18.4. The van der Waals surface area contributed by atoms with Crippen LogP contribution in [0.4, 0.5) is 4.39 Å². The lowest BCUT2D eigenvalue weighted by molar-refractivity contribution is 0.169. The Hall–Kier alpha value is -3.51. The number of rotatable bonds is 7. The summed E-state index contributed by atoms with van der Waals surface area (Å²) in [7, 11) is 0. The molecule has 3 aromatic rings. The molecule has 3 aliphatic rings. The molecule has 1 aliphatic carbocycles. The Bertz CT molecular complexity index is 1360. The van der Waals surface area contributed by atoms with Gasteiger partial charge in [-0.2, -0.15) is 0 Å². The fourth-order valence-corrected chi connectivity index (χ4v) is 5.79. The second kappa shape index (κ2) is 9.99. The molecule has 0 amide bonds. The summed E-state index contributed by atoms with van der Waals surface area (Å²) in [5, 5.41) is 20.4. The highest BCUT2D eigenvalue weighted by atomic mass is 19.1. The summed E-state index contributed by atoms with van der Waals surface area (Å²) in [6, 6.07) is 17.9. The van der Waals surface area contributed by atoms with Crippen LogP contribution in [0, 0.1) is 17.7 Å². The van der Waals surface area contributed by atoms with Gasteiger partial charge in [-0.05, 0) is 92.1 Å². The lowest BCUT2D eigenvalue weighted by Gasteiger charge is -2.32. The number of phenolic OH excluding ortho intramolecular Hbond substituents is 2. The predicted molar refractivity (Wildman–Crippen MR) is 146 cm³/mol. The van der Waals surface area contributed by atoms with Crippen molar-refractivity contribution in [2.45, 2.75) is 45.3 Å². The highest BCUT2D eigenvalue weighted by Gasteiger charge is 2.39. The number of hydrogen-bond acceptors (Lipinski definition) is 5. The van der Waals surface area contributed by atoms with Gasteiger partial charge in [-0.1, -0.05) is 31.2 Å². The Morgan fingerprint density at radius 1 is 1.00 bits per heavy atom. The zero-order valence-electron chi connectivity index (χ0n) is 21.9. The van der Waals surface area contributed by atoms with E-state index in [0.717, 1.165) is 54.3 Å². The molecular formula is C32H34FNO4. The Morgan fingerprint density at radius 3 is 2.50 bits per heavy atom. The molecule has 2 N–H and O–H groups in total. The van der Waals surface area contributed by atoms with E-state index in [1.807, 2.05) is 24.3 Å². The van der Waals surface area contributed by atoms with Crippen LogP contribution in [0.2, 0.25) is 0 Å². The molecule has 3 atom stereocenters. The fourth-order valence-electron chi connectivity index (χ4n) is 5.79. The highest BCUT2D eigenvalue weighted by molar-refractivity contribution is 5.98. The van der Waals surface area contributed by atoms with E-state index < -0.39 is 17.7 Å². The number of fused-ring (bicyclic) bond motifs is 1. The molecule has 6 heteroatoms. The van der Waals surface area contributed by atoms with Gasteiger partial charge in [0.05, 0.1) is 0 Å². The molecule has 2 fully saturated rings. The summed E-state index contributed by atoms with van der Waals surface area (Å²) in [5.41, 5.74) is 3.65. The van der Waals surface area contributed by atoms with Crippen LogP contribution in [-0.2, 0) is 0 Å². The van der Waals surface area contributed by atoms with Gasteiger partial charge in [0, 0.05) is 29.3 Å². The van der Waals surface area contributed by atoms with E-state index >= 15 is 4.39 Å². The van der Waals surface area contributed by atoms with Gasteiger partial charge >= 0.3 is 0 Å².